The molecule has 0 spiro atoms. The maximum atomic E-state index is 14.2. The van der Waals surface area contributed by atoms with Gasteiger partial charge in [0.25, 0.3) is 0 Å². The van der Waals surface area contributed by atoms with Crippen molar-refractivity contribution >= 4 is 46.5 Å². The number of nitrogens with zero attached hydrogens (tertiary/aromatic N) is 1. The van der Waals surface area contributed by atoms with Crippen LogP contribution in [0.5, 0.6) is 17.2 Å². The number of Topliss-reactive ketones (excluding diaryl/α,β-unsaturated/α-hetero) is 1. The Balaban J connectivity index is 1.23. The van der Waals surface area contributed by atoms with Gasteiger partial charge in [-0.05, 0) is 85.9 Å². The lowest BCUT2D eigenvalue weighted by Crippen LogP contribution is -2.40. The van der Waals surface area contributed by atoms with E-state index in [1.54, 1.807) is 37.3 Å². The number of hydrogen-bond acceptors (Lipinski definition) is 8. The van der Waals surface area contributed by atoms with Gasteiger partial charge < -0.3 is 19.9 Å². The van der Waals surface area contributed by atoms with Crippen LogP contribution in [0, 0.1) is 23.7 Å². The number of fused-ring (bicyclic) bond motifs is 3. The standard InChI is InChI=1S/C39H34N2O7/c1-21-17-31(42)30-20-29-26(27(34(30)36(21)43)14-9-22-18-32(47-2)37(44)33(19-22)48-3)15-16-28-35(29)39(46)41(38(28)45)25-12-10-24(11-13-25)40-23-7-5-4-6-8-23/h4-15,17-19,27-29,35,40,44H,16,20H2,1-3H3/t27-,28-,29+,35-/m0/s1. The van der Waals surface area contributed by atoms with E-state index in [0.717, 1.165) is 16.9 Å². The summed E-state index contributed by atoms with van der Waals surface area (Å²) < 4.78 is 10.6. The molecule has 3 aromatic rings. The van der Waals surface area contributed by atoms with Gasteiger partial charge in [0, 0.05) is 34.0 Å². The molecule has 1 aliphatic heterocycles. The normalized spacial score (nSPS) is 23.4. The van der Waals surface area contributed by atoms with E-state index >= 15 is 0 Å². The number of imide groups is 1. The van der Waals surface area contributed by atoms with Crippen LogP contribution in [0.2, 0.25) is 0 Å². The lowest BCUT2D eigenvalue weighted by atomic mass is 9.60. The number of aromatic hydroxyl groups is 1. The molecular formula is C39H34N2O7. The minimum Gasteiger partial charge on any atom is -0.502 e. The number of allylic oxidation sites excluding steroid dienone is 7. The highest BCUT2D eigenvalue weighted by Crippen LogP contribution is 2.53. The van der Waals surface area contributed by atoms with Crippen molar-refractivity contribution in [3.05, 3.63) is 113 Å². The smallest absolute Gasteiger partial charge is 0.238 e. The molecule has 4 atom stereocenters. The first kappa shape index (κ1) is 30.9. The van der Waals surface area contributed by atoms with E-state index in [0.29, 0.717) is 34.4 Å². The van der Waals surface area contributed by atoms with E-state index in [1.807, 2.05) is 54.6 Å². The Morgan fingerprint density at radius 2 is 1.54 bits per heavy atom. The van der Waals surface area contributed by atoms with Gasteiger partial charge in [-0.15, -0.1) is 0 Å². The summed E-state index contributed by atoms with van der Waals surface area (Å²) in [6, 6.07) is 20.2. The molecule has 3 aliphatic carbocycles. The SMILES string of the molecule is COc1cc(C=C[C@H]2C3=CC[C@@H]4C(=O)N(c5ccc(Nc6ccccc6)cc5)C(=O)[C@@H]4[C@@H]3CC3=C2C(=O)C(C)=CC3=O)cc(OC)c1O. The Bertz CT molecular complexity index is 1960. The van der Waals surface area contributed by atoms with Gasteiger partial charge in [0.05, 0.1) is 31.7 Å². The predicted molar refractivity (Wildman–Crippen MR) is 181 cm³/mol. The van der Waals surface area contributed by atoms with E-state index in [2.05, 4.69) is 5.32 Å². The van der Waals surface area contributed by atoms with Crippen LogP contribution in [0.15, 0.2) is 107 Å². The number of amides is 2. The molecule has 0 unspecified atom stereocenters. The molecule has 9 nitrogen and oxygen atoms in total. The van der Waals surface area contributed by atoms with Gasteiger partial charge in [-0.1, -0.05) is 42.0 Å². The monoisotopic (exact) mass is 642 g/mol. The average molecular weight is 643 g/mol. The fourth-order valence-electron chi connectivity index (χ4n) is 7.49. The quantitative estimate of drug-likeness (QED) is 0.174. The molecule has 1 fully saturated rings. The number of ketones is 2. The number of carbonyl (C=O) groups excluding carboxylic acids is 4. The molecule has 7 rings (SSSR count). The van der Waals surface area contributed by atoms with Crippen molar-refractivity contribution in [3.8, 4) is 17.2 Å². The number of nitrogens with one attached hydrogen (secondary N) is 1. The van der Waals surface area contributed by atoms with Gasteiger partial charge in [-0.25, -0.2) is 0 Å². The van der Waals surface area contributed by atoms with E-state index in [1.165, 1.54) is 25.2 Å². The van der Waals surface area contributed by atoms with Crippen molar-refractivity contribution in [2.75, 3.05) is 24.4 Å². The van der Waals surface area contributed by atoms with E-state index in [4.69, 9.17) is 9.47 Å². The van der Waals surface area contributed by atoms with E-state index in [-0.39, 0.29) is 47.1 Å². The molecule has 242 valence electrons. The summed E-state index contributed by atoms with van der Waals surface area (Å²) in [6.07, 6.45) is 7.53. The summed E-state index contributed by atoms with van der Waals surface area (Å²) >= 11 is 0. The summed E-state index contributed by atoms with van der Waals surface area (Å²) in [5.74, 6) is -2.99. The van der Waals surface area contributed by atoms with Crippen molar-refractivity contribution in [1.82, 2.24) is 0 Å². The highest BCUT2D eigenvalue weighted by atomic mass is 16.5. The van der Waals surface area contributed by atoms with Crippen LogP contribution in [-0.2, 0) is 19.2 Å². The topological polar surface area (TPSA) is 122 Å². The number of phenols is 1. The number of hydrogen-bond donors (Lipinski definition) is 2. The average Bonchev–Trinajstić information content (AvgIpc) is 3.36. The number of rotatable bonds is 7. The van der Waals surface area contributed by atoms with Crippen LogP contribution in [-0.4, -0.2) is 42.7 Å². The third-order valence-electron chi connectivity index (χ3n) is 9.78. The van der Waals surface area contributed by atoms with Crippen LogP contribution < -0.4 is 19.7 Å². The molecule has 0 radical (unpaired) electrons. The van der Waals surface area contributed by atoms with Crippen LogP contribution in [0.1, 0.15) is 25.3 Å². The molecule has 0 bridgehead atoms. The van der Waals surface area contributed by atoms with Gasteiger partial charge in [0.2, 0.25) is 17.6 Å². The summed E-state index contributed by atoms with van der Waals surface area (Å²) in [7, 11) is 2.88. The minimum atomic E-state index is -0.673. The number of anilines is 3. The zero-order chi connectivity index (χ0) is 33.7. The molecule has 1 saturated heterocycles. The van der Waals surface area contributed by atoms with Gasteiger partial charge >= 0.3 is 0 Å². The predicted octanol–water partition coefficient (Wildman–Crippen LogP) is 6.33. The molecule has 9 heteroatoms. The number of ether oxygens (including phenoxy) is 2. The largest absolute Gasteiger partial charge is 0.502 e. The summed E-state index contributed by atoms with van der Waals surface area (Å²) in [5.41, 5.74) is 4.88. The molecule has 4 aliphatic rings. The zero-order valence-electron chi connectivity index (χ0n) is 26.7. The number of carbonyl (C=O) groups is 4. The Morgan fingerprint density at radius 3 is 2.21 bits per heavy atom. The fraction of sp³-hybridized carbons (Fsp3) is 0.231. The first-order valence-electron chi connectivity index (χ1n) is 15.8. The van der Waals surface area contributed by atoms with E-state index in [9.17, 15) is 24.3 Å². The van der Waals surface area contributed by atoms with Crippen molar-refractivity contribution in [1.29, 1.82) is 0 Å². The maximum absolute atomic E-state index is 14.2. The molecule has 3 aromatic carbocycles. The summed E-state index contributed by atoms with van der Waals surface area (Å²) in [5, 5.41) is 13.7. The van der Waals surface area contributed by atoms with Crippen molar-refractivity contribution in [2.45, 2.75) is 19.8 Å². The van der Waals surface area contributed by atoms with Gasteiger partial charge in [0.15, 0.2) is 23.1 Å². The van der Waals surface area contributed by atoms with Crippen LogP contribution in [0.3, 0.4) is 0 Å². The Morgan fingerprint density at radius 1 is 0.875 bits per heavy atom. The highest BCUT2D eigenvalue weighted by Gasteiger charge is 2.56. The zero-order valence-corrected chi connectivity index (χ0v) is 26.7. The molecule has 2 amide bonds. The Hall–Kier alpha value is -5.70. The second kappa shape index (κ2) is 12.2. The Labute approximate surface area is 277 Å². The highest BCUT2D eigenvalue weighted by molar-refractivity contribution is 6.24. The second-order valence-corrected chi connectivity index (χ2v) is 12.5. The third kappa shape index (κ3) is 5.12. The molecule has 2 N–H and O–H groups in total. The van der Waals surface area contributed by atoms with Crippen LogP contribution in [0.4, 0.5) is 17.1 Å². The van der Waals surface area contributed by atoms with E-state index < -0.39 is 23.7 Å². The van der Waals surface area contributed by atoms with Gasteiger partial charge in [0.1, 0.15) is 0 Å². The van der Waals surface area contributed by atoms with Crippen molar-refractivity contribution < 1.29 is 33.8 Å². The van der Waals surface area contributed by atoms with Gasteiger partial charge in [-0.2, -0.15) is 0 Å². The first-order valence-corrected chi connectivity index (χ1v) is 15.8. The molecule has 0 saturated carbocycles. The molecule has 48 heavy (non-hydrogen) atoms. The third-order valence-corrected chi connectivity index (χ3v) is 9.78. The van der Waals surface area contributed by atoms with Crippen LogP contribution >= 0.6 is 0 Å². The molecule has 1 heterocycles. The fourth-order valence-corrected chi connectivity index (χ4v) is 7.49. The number of para-hydroxylation sites is 1. The minimum absolute atomic E-state index is 0.134. The van der Waals surface area contributed by atoms with Gasteiger partial charge in [-0.3, -0.25) is 24.1 Å². The maximum Gasteiger partial charge on any atom is 0.238 e. The summed E-state index contributed by atoms with van der Waals surface area (Å²) in [6.45, 7) is 1.63. The molecule has 0 aromatic heterocycles. The number of methoxy groups -OCH3 is 2. The molecular weight excluding hydrogens is 608 g/mol. The van der Waals surface area contributed by atoms with Crippen LogP contribution in [0.25, 0.3) is 6.08 Å². The number of benzene rings is 3. The second-order valence-electron chi connectivity index (χ2n) is 12.5. The first-order chi connectivity index (χ1) is 23.2. The van der Waals surface area contributed by atoms with Crippen molar-refractivity contribution in [2.24, 2.45) is 23.7 Å². The Kier molecular flexibility index (Phi) is 7.83. The lowest BCUT2D eigenvalue weighted by Gasteiger charge is -2.41. The van der Waals surface area contributed by atoms with Crippen molar-refractivity contribution in [3.63, 3.8) is 0 Å². The number of phenolic OH excluding ortho intramolecular Hbond substituents is 1. The summed E-state index contributed by atoms with van der Waals surface area (Å²) in [4.78, 5) is 56.4. The lowest BCUT2D eigenvalue weighted by molar-refractivity contribution is -0.123.